The lowest BCUT2D eigenvalue weighted by Crippen LogP contribution is -2.49. The molecule has 30 heavy (non-hydrogen) atoms. The molecule has 1 amide bonds. The average Bonchev–Trinajstić information content (AvgIpc) is 2.87. The molecule has 2 aliphatic rings. The number of hydrogen-bond acceptors (Lipinski definition) is 4. The van der Waals surface area contributed by atoms with Gasteiger partial charge in [0.15, 0.2) is 5.69 Å². The van der Waals surface area contributed by atoms with Crippen LogP contribution in [0.25, 0.3) is 0 Å². The van der Waals surface area contributed by atoms with E-state index in [9.17, 15) is 18.0 Å². The average molecular weight is 445 g/mol. The number of methoxy groups -OCH3 is 1. The number of hydrogen-bond donors (Lipinski definition) is 0. The Morgan fingerprint density at radius 1 is 1.23 bits per heavy atom. The normalized spacial score (nSPS) is 17.9. The summed E-state index contributed by atoms with van der Waals surface area (Å²) in [5.41, 5.74) is 0.403. The zero-order valence-corrected chi connectivity index (χ0v) is 17.8. The highest BCUT2D eigenvalue weighted by atomic mass is 35.5. The van der Waals surface area contributed by atoms with E-state index >= 15 is 0 Å². The highest BCUT2D eigenvalue weighted by molar-refractivity contribution is 6.30. The van der Waals surface area contributed by atoms with E-state index in [-0.39, 0.29) is 18.0 Å². The Morgan fingerprint density at radius 2 is 1.90 bits per heavy atom. The van der Waals surface area contributed by atoms with E-state index in [4.69, 9.17) is 16.3 Å². The number of rotatable bonds is 4. The van der Waals surface area contributed by atoms with Gasteiger partial charge in [-0.1, -0.05) is 17.7 Å². The van der Waals surface area contributed by atoms with Gasteiger partial charge in [0.25, 0.3) is 0 Å². The lowest BCUT2D eigenvalue weighted by atomic mass is 10.2. The highest BCUT2D eigenvalue weighted by Gasteiger charge is 2.37. The molecule has 2 heterocycles. The van der Waals surface area contributed by atoms with Gasteiger partial charge < -0.3 is 14.5 Å². The van der Waals surface area contributed by atoms with Crippen molar-refractivity contribution in [2.45, 2.75) is 33.0 Å². The van der Waals surface area contributed by atoms with Crippen molar-refractivity contribution < 1.29 is 22.7 Å². The van der Waals surface area contributed by atoms with Crippen molar-refractivity contribution >= 4 is 17.5 Å². The molecule has 1 aromatic rings. The number of amides is 1. The summed E-state index contributed by atoms with van der Waals surface area (Å²) in [6, 6.07) is 0. The van der Waals surface area contributed by atoms with Crippen LogP contribution in [-0.4, -0.2) is 58.8 Å². The van der Waals surface area contributed by atoms with Gasteiger partial charge in [0.05, 0.1) is 12.1 Å². The van der Waals surface area contributed by atoms with Crippen LogP contribution in [0.1, 0.15) is 23.4 Å². The monoisotopic (exact) mass is 444 g/mol. The van der Waals surface area contributed by atoms with E-state index in [1.165, 1.54) is 6.92 Å². The summed E-state index contributed by atoms with van der Waals surface area (Å²) in [5.74, 6) is 0.361. The molecule has 1 saturated heterocycles. The van der Waals surface area contributed by atoms with Gasteiger partial charge >= 0.3 is 6.18 Å². The number of halogens is 4. The summed E-state index contributed by atoms with van der Waals surface area (Å²) in [6.45, 7) is 4.83. The molecule has 0 N–H and O–H groups in total. The van der Waals surface area contributed by atoms with Gasteiger partial charge in [-0.3, -0.25) is 9.48 Å². The molecule has 1 aliphatic carbocycles. The number of aromatic nitrogens is 2. The molecule has 0 saturated carbocycles. The number of alkyl halides is 3. The van der Waals surface area contributed by atoms with Crippen LogP contribution in [0.4, 0.5) is 13.2 Å². The molecule has 1 fully saturated rings. The van der Waals surface area contributed by atoms with E-state index in [1.807, 2.05) is 18.2 Å². The van der Waals surface area contributed by atoms with E-state index < -0.39 is 11.9 Å². The van der Waals surface area contributed by atoms with Crippen LogP contribution in [-0.2, 0) is 22.3 Å². The second kappa shape index (κ2) is 8.75. The maximum Gasteiger partial charge on any atom is 0.435 e. The van der Waals surface area contributed by atoms with Gasteiger partial charge in [-0.05, 0) is 19.9 Å². The van der Waals surface area contributed by atoms with Gasteiger partial charge in [-0.15, -0.1) is 0 Å². The molecule has 10 heteroatoms. The first kappa shape index (κ1) is 22.3. The minimum atomic E-state index is -4.53. The first-order valence-electron chi connectivity index (χ1n) is 9.56. The highest BCUT2D eigenvalue weighted by Crippen LogP contribution is 2.32. The zero-order chi connectivity index (χ0) is 22.1. The second-order valence-electron chi connectivity index (χ2n) is 7.23. The molecule has 0 spiro atoms. The predicted molar refractivity (Wildman–Crippen MR) is 107 cm³/mol. The minimum Gasteiger partial charge on any atom is -0.495 e. The van der Waals surface area contributed by atoms with Gasteiger partial charge in [-0.25, -0.2) is 0 Å². The molecule has 3 rings (SSSR count). The largest absolute Gasteiger partial charge is 0.495 e. The molecule has 1 aliphatic heterocycles. The fourth-order valence-corrected chi connectivity index (χ4v) is 3.73. The van der Waals surface area contributed by atoms with E-state index in [1.54, 1.807) is 18.9 Å². The smallest absolute Gasteiger partial charge is 0.435 e. The lowest BCUT2D eigenvalue weighted by molar-refractivity contribution is -0.142. The fraction of sp³-hybridized carbons (Fsp3) is 0.500. The summed E-state index contributed by atoms with van der Waals surface area (Å²) < 4.78 is 45.6. The molecule has 6 nitrogen and oxygen atoms in total. The number of ether oxygens (including phenoxy) is 1. The van der Waals surface area contributed by atoms with Gasteiger partial charge in [0.1, 0.15) is 12.3 Å². The molecule has 0 radical (unpaired) electrons. The summed E-state index contributed by atoms with van der Waals surface area (Å²) in [6.07, 6.45) is 1.86. The molecule has 0 aromatic carbocycles. The Bertz CT molecular complexity index is 910. The minimum absolute atomic E-state index is 0.0490. The van der Waals surface area contributed by atoms with Crippen molar-refractivity contribution in [3.8, 4) is 0 Å². The van der Waals surface area contributed by atoms with E-state index in [0.717, 1.165) is 10.4 Å². The summed E-state index contributed by atoms with van der Waals surface area (Å²) >= 11 is 6.20. The van der Waals surface area contributed by atoms with Crippen LogP contribution in [0.5, 0.6) is 0 Å². The van der Waals surface area contributed by atoms with Crippen molar-refractivity contribution in [1.82, 2.24) is 19.6 Å². The molecule has 0 bridgehead atoms. The first-order chi connectivity index (χ1) is 14.1. The fourth-order valence-electron chi connectivity index (χ4n) is 3.51. The summed E-state index contributed by atoms with van der Waals surface area (Å²) in [7, 11) is 1.57. The third-order valence-corrected chi connectivity index (χ3v) is 5.75. The molecular weight excluding hydrogens is 421 g/mol. The maximum atomic E-state index is 13.1. The van der Waals surface area contributed by atoms with Crippen molar-refractivity contribution in [2.24, 2.45) is 0 Å². The van der Waals surface area contributed by atoms with Crippen molar-refractivity contribution in [3.05, 3.63) is 51.7 Å². The van der Waals surface area contributed by atoms with Gasteiger partial charge in [-0.2, -0.15) is 18.3 Å². The summed E-state index contributed by atoms with van der Waals surface area (Å²) in [5, 5.41) is 4.25. The molecule has 0 unspecified atom stereocenters. The van der Waals surface area contributed by atoms with E-state index in [0.29, 0.717) is 49.1 Å². The quantitative estimate of drug-likeness (QED) is 0.712. The number of nitrogens with zero attached hydrogens (tertiary/aromatic N) is 4. The van der Waals surface area contributed by atoms with Gasteiger partial charge in [0, 0.05) is 55.6 Å². The Labute approximate surface area is 178 Å². The maximum absolute atomic E-state index is 13.1. The molecule has 1 aromatic heterocycles. The number of carbonyl (C=O) groups excluding carboxylic acids is 1. The third kappa shape index (κ3) is 4.66. The Morgan fingerprint density at radius 3 is 2.47 bits per heavy atom. The van der Waals surface area contributed by atoms with Gasteiger partial charge in [0.2, 0.25) is 5.91 Å². The number of piperazine rings is 1. The third-order valence-electron chi connectivity index (χ3n) is 5.41. The van der Waals surface area contributed by atoms with Crippen molar-refractivity contribution in [2.75, 3.05) is 33.3 Å². The topological polar surface area (TPSA) is 50.6 Å². The van der Waals surface area contributed by atoms with Crippen molar-refractivity contribution in [3.63, 3.8) is 0 Å². The number of allylic oxidation sites excluding steroid dienone is 4. The Kier molecular flexibility index (Phi) is 6.50. The SMILES string of the molecule is COC1=C(Cl)CC=CC(N2CCN(C(=O)Cn3nc(C(F)(F)F)c(C)c3C)CC2)=C1. The van der Waals surface area contributed by atoms with Crippen LogP contribution in [0.3, 0.4) is 0 Å². The van der Waals surface area contributed by atoms with Crippen LogP contribution >= 0.6 is 11.6 Å². The van der Waals surface area contributed by atoms with Crippen LogP contribution in [0.2, 0.25) is 0 Å². The van der Waals surface area contributed by atoms with Crippen LogP contribution in [0, 0.1) is 13.8 Å². The number of carbonyl (C=O) groups is 1. The lowest BCUT2D eigenvalue weighted by Gasteiger charge is -2.36. The predicted octanol–water partition coefficient (Wildman–Crippen LogP) is 3.60. The first-order valence-corrected chi connectivity index (χ1v) is 9.94. The van der Waals surface area contributed by atoms with E-state index in [2.05, 4.69) is 10.00 Å². The molecule has 164 valence electrons. The Hall–Kier alpha value is -2.42. The standard InChI is InChI=1S/C20H24ClF3N4O2/c1-13-14(2)28(25-19(13)20(22,23)24)12-18(29)27-9-7-26(8-10-27)15-5-4-6-16(21)17(11-15)30-3/h4-5,11H,6-10,12H2,1-3H3. The van der Waals surface area contributed by atoms with Crippen LogP contribution in [0.15, 0.2) is 34.7 Å². The second-order valence-corrected chi connectivity index (χ2v) is 7.69. The van der Waals surface area contributed by atoms with Crippen molar-refractivity contribution in [1.29, 1.82) is 0 Å². The molecular formula is C20H24ClF3N4O2. The molecule has 0 atom stereocenters. The zero-order valence-electron chi connectivity index (χ0n) is 17.1. The van der Waals surface area contributed by atoms with Crippen LogP contribution < -0.4 is 0 Å². The summed E-state index contributed by atoms with van der Waals surface area (Å²) in [4.78, 5) is 16.4. The Balaban J connectivity index is 1.64.